The molecule has 0 aliphatic carbocycles. The number of amides is 1. The van der Waals surface area contributed by atoms with Crippen molar-refractivity contribution in [3.05, 3.63) is 42.0 Å². The summed E-state index contributed by atoms with van der Waals surface area (Å²) >= 11 is 0. The van der Waals surface area contributed by atoms with Gasteiger partial charge in [-0.25, -0.2) is 5.32 Å². The van der Waals surface area contributed by atoms with Crippen molar-refractivity contribution < 1.29 is 9.79 Å². The lowest BCUT2D eigenvalue weighted by Crippen LogP contribution is -2.72. The Morgan fingerprint density at radius 1 is 1.39 bits per heavy atom. The molecule has 1 aliphatic rings. The molecule has 0 saturated carbocycles. The van der Waals surface area contributed by atoms with Crippen LogP contribution in [-0.2, 0) is 4.79 Å². The molecule has 0 fully saturated rings. The fraction of sp³-hybridized carbons (Fsp3) is 0.286. The van der Waals surface area contributed by atoms with Crippen molar-refractivity contribution in [3.8, 4) is 0 Å². The van der Waals surface area contributed by atoms with Crippen molar-refractivity contribution in [1.29, 1.82) is 0 Å². The van der Waals surface area contributed by atoms with E-state index in [1.54, 1.807) is 11.0 Å². The number of hydrogen-bond donors (Lipinski definition) is 2. The van der Waals surface area contributed by atoms with Gasteiger partial charge in [-0.3, -0.25) is 9.79 Å². The highest BCUT2D eigenvalue weighted by atomic mass is 16.2. The molecule has 0 saturated heterocycles. The average Bonchev–Trinajstić information content (AvgIpc) is 2.60. The second-order valence-corrected chi connectivity index (χ2v) is 4.50. The fourth-order valence-corrected chi connectivity index (χ4v) is 2.09. The molecule has 0 unspecified atom stereocenters. The van der Waals surface area contributed by atoms with Crippen molar-refractivity contribution in [2.75, 3.05) is 18.4 Å². The van der Waals surface area contributed by atoms with Gasteiger partial charge < -0.3 is 0 Å². The Balaban J connectivity index is 2.18. The molecule has 2 rings (SSSR count). The lowest BCUT2D eigenvalue weighted by atomic mass is 10.1. The van der Waals surface area contributed by atoms with Gasteiger partial charge in [-0.15, -0.1) is 0 Å². The van der Waals surface area contributed by atoms with E-state index in [1.807, 2.05) is 0 Å². The minimum atomic E-state index is 0.0572. The van der Waals surface area contributed by atoms with Gasteiger partial charge in [-0.1, -0.05) is 18.7 Å². The van der Waals surface area contributed by atoms with E-state index in [0.717, 1.165) is 11.6 Å². The topological polar surface area (TPSA) is 46.3 Å². The number of benzene rings is 1. The smallest absolute Gasteiger partial charge is 0.266 e. The number of hydrogen-bond acceptors (Lipinski definition) is 2. The summed E-state index contributed by atoms with van der Waals surface area (Å²) in [5.74, 6) is 0.784. The van der Waals surface area contributed by atoms with Crippen LogP contribution in [0.4, 0.5) is 5.69 Å². The first-order valence-electron chi connectivity index (χ1n) is 5.97. The molecule has 1 amide bonds. The van der Waals surface area contributed by atoms with Gasteiger partial charge in [-0.2, -0.15) is 4.90 Å². The molecule has 1 aromatic rings. The fourth-order valence-electron chi connectivity index (χ4n) is 2.09. The predicted octanol–water partition coefficient (Wildman–Crippen LogP) is 0.180. The Morgan fingerprint density at radius 3 is 2.67 bits per heavy atom. The second-order valence-electron chi connectivity index (χ2n) is 4.50. The molecule has 0 spiro atoms. The number of carbonyl (C=O) groups is 1. The standard InChI is InChI=1S/C14H17N3O/c1-4-5-17-13(18)9-15-14(17)16-12-7-10(2)6-11(3)8-12/h4,6-8H,1,5,9H2,2-3H3,(H,15,16)/p+1. The number of rotatable bonds is 3. The maximum Gasteiger partial charge on any atom is 0.358 e. The summed E-state index contributed by atoms with van der Waals surface area (Å²) in [6.45, 7) is 8.62. The molecular formula is C14H18N3O+. The molecule has 1 aliphatic heterocycles. The Hall–Kier alpha value is -2.10. The number of nitrogens with zero attached hydrogens (tertiary/aromatic N) is 1. The monoisotopic (exact) mass is 244 g/mol. The van der Waals surface area contributed by atoms with E-state index in [-0.39, 0.29) is 5.91 Å². The SMILES string of the molecule is C=CCN1C(=O)C[NH+]=C1Nc1cc(C)cc(C)c1. The molecule has 0 bridgehead atoms. The molecule has 0 aromatic heterocycles. The van der Waals surface area contributed by atoms with E-state index in [1.165, 1.54) is 11.1 Å². The third kappa shape index (κ3) is 2.59. The number of carbonyl (C=O) groups excluding carboxylic acids is 1. The van der Waals surface area contributed by atoms with Crippen molar-refractivity contribution >= 4 is 17.6 Å². The second kappa shape index (κ2) is 5.04. The maximum atomic E-state index is 11.7. The lowest BCUT2D eigenvalue weighted by Gasteiger charge is -2.10. The predicted molar refractivity (Wildman–Crippen MR) is 72.3 cm³/mol. The van der Waals surface area contributed by atoms with Gasteiger partial charge in [0.05, 0.1) is 12.2 Å². The molecule has 18 heavy (non-hydrogen) atoms. The number of nitrogens with one attached hydrogen (secondary N) is 2. The van der Waals surface area contributed by atoms with Gasteiger partial charge in [0.1, 0.15) is 0 Å². The van der Waals surface area contributed by atoms with Gasteiger partial charge in [-0.05, 0) is 37.1 Å². The summed E-state index contributed by atoms with van der Waals surface area (Å²) in [4.78, 5) is 16.4. The van der Waals surface area contributed by atoms with Gasteiger partial charge >= 0.3 is 11.9 Å². The van der Waals surface area contributed by atoms with E-state index in [4.69, 9.17) is 0 Å². The highest BCUT2D eigenvalue weighted by Crippen LogP contribution is 2.14. The van der Waals surface area contributed by atoms with Crippen LogP contribution in [-0.4, -0.2) is 29.9 Å². The molecule has 1 heterocycles. The first kappa shape index (κ1) is 12.4. The van der Waals surface area contributed by atoms with Crippen LogP contribution in [0.3, 0.4) is 0 Å². The first-order chi connectivity index (χ1) is 8.60. The first-order valence-corrected chi connectivity index (χ1v) is 5.97. The minimum absolute atomic E-state index is 0.0572. The summed E-state index contributed by atoms with van der Waals surface area (Å²) in [7, 11) is 0. The summed E-state index contributed by atoms with van der Waals surface area (Å²) in [5, 5.41) is 3.25. The third-order valence-corrected chi connectivity index (χ3v) is 2.77. The lowest BCUT2D eigenvalue weighted by molar-refractivity contribution is -0.438. The molecule has 1 aromatic carbocycles. The molecule has 4 heteroatoms. The van der Waals surface area contributed by atoms with E-state index in [0.29, 0.717) is 13.1 Å². The summed E-state index contributed by atoms with van der Waals surface area (Å²) in [5.41, 5.74) is 3.37. The minimum Gasteiger partial charge on any atom is -0.266 e. The van der Waals surface area contributed by atoms with Gasteiger partial charge in [0, 0.05) is 0 Å². The number of guanidine groups is 1. The van der Waals surface area contributed by atoms with E-state index in [9.17, 15) is 4.79 Å². The Bertz CT molecular complexity index is 500. The normalized spacial score (nSPS) is 14.7. The molecule has 4 nitrogen and oxygen atoms in total. The quantitative estimate of drug-likeness (QED) is 0.745. The Morgan fingerprint density at radius 2 is 2.06 bits per heavy atom. The molecule has 0 radical (unpaired) electrons. The van der Waals surface area contributed by atoms with Crippen LogP contribution in [0.25, 0.3) is 0 Å². The Kier molecular flexibility index (Phi) is 3.46. The Labute approximate surface area is 107 Å². The summed E-state index contributed by atoms with van der Waals surface area (Å²) < 4.78 is 0. The summed E-state index contributed by atoms with van der Waals surface area (Å²) in [6.07, 6.45) is 1.72. The van der Waals surface area contributed by atoms with Gasteiger partial charge in [0.2, 0.25) is 0 Å². The van der Waals surface area contributed by atoms with Crippen LogP contribution in [0.15, 0.2) is 30.9 Å². The van der Waals surface area contributed by atoms with Crippen LogP contribution in [0.5, 0.6) is 0 Å². The largest absolute Gasteiger partial charge is 0.358 e. The molecule has 0 atom stereocenters. The third-order valence-electron chi connectivity index (χ3n) is 2.77. The zero-order chi connectivity index (χ0) is 13.1. The van der Waals surface area contributed by atoms with Gasteiger partial charge in [0.15, 0.2) is 6.54 Å². The zero-order valence-electron chi connectivity index (χ0n) is 10.8. The van der Waals surface area contributed by atoms with Crippen LogP contribution < -0.4 is 10.3 Å². The highest BCUT2D eigenvalue weighted by molar-refractivity contribution is 6.04. The van der Waals surface area contributed by atoms with Crippen molar-refractivity contribution in [1.82, 2.24) is 4.90 Å². The maximum absolute atomic E-state index is 11.7. The van der Waals surface area contributed by atoms with E-state index >= 15 is 0 Å². The molecular weight excluding hydrogens is 226 g/mol. The zero-order valence-corrected chi connectivity index (χ0v) is 10.8. The molecule has 2 N–H and O–H groups in total. The number of aryl methyl sites for hydroxylation is 2. The highest BCUT2D eigenvalue weighted by Gasteiger charge is 2.31. The van der Waals surface area contributed by atoms with Gasteiger partial charge in [0.25, 0.3) is 0 Å². The molecule has 94 valence electrons. The van der Waals surface area contributed by atoms with E-state index in [2.05, 4.69) is 48.9 Å². The van der Waals surface area contributed by atoms with E-state index < -0.39 is 0 Å². The van der Waals surface area contributed by atoms with Crippen LogP contribution in [0.1, 0.15) is 11.1 Å². The van der Waals surface area contributed by atoms with Crippen LogP contribution >= 0.6 is 0 Å². The van der Waals surface area contributed by atoms with Crippen LogP contribution in [0.2, 0.25) is 0 Å². The van der Waals surface area contributed by atoms with Crippen molar-refractivity contribution in [2.45, 2.75) is 13.8 Å². The average molecular weight is 244 g/mol. The van der Waals surface area contributed by atoms with Crippen LogP contribution in [0, 0.1) is 13.8 Å². The van der Waals surface area contributed by atoms with Crippen molar-refractivity contribution in [2.24, 2.45) is 0 Å². The van der Waals surface area contributed by atoms with Crippen molar-refractivity contribution in [3.63, 3.8) is 0 Å². The number of anilines is 1. The summed E-state index contributed by atoms with van der Waals surface area (Å²) in [6, 6.07) is 6.22.